The average Bonchev–Trinajstić information content (AvgIpc) is 2.57. The van der Waals surface area contributed by atoms with Crippen molar-refractivity contribution < 1.29 is 13.5 Å². The van der Waals surface area contributed by atoms with Crippen molar-refractivity contribution in [3.8, 4) is 5.75 Å². The van der Waals surface area contributed by atoms with Crippen LogP contribution in [0.25, 0.3) is 0 Å². The van der Waals surface area contributed by atoms with Crippen LogP contribution in [-0.2, 0) is 10.2 Å². The van der Waals surface area contributed by atoms with E-state index in [0.29, 0.717) is 6.54 Å². The number of phenols is 1. The molecule has 0 spiro atoms. The van der Waals surface area contributed by atoms with Gasteiger partial charge < -0.3 is 5.11 Å². The van der Waals surface area contributed by atoms with Gasteiger partial charge in [-0.3, -0.25) is 4.72 Å². The smallest absolute Gasteiger partial charge is 0.299 e. The van der Waals surface area contributed by atoms with Gasteiger partial charge in [0.1, 0.15) is 0 Å². The molecule has 0 unspecified atom stereocenters. The molecule has 0 heterocycles. The predicted molar refractivity (Wildman–Crippen MR) is 111 cm³/mol. The van der Waals surface area contributed by atoms with Crippen molar-refractivity contribution in [2.75, 3.05) is 11.3 Å². The van der Waals surface area contributed by atoms with Gasteiger partial charge in [0, 0.05) is 6.54 Å². The Morgan fingerprint density at radius 3 is 1.85 bits per heavy atom. The molecular formula is C18H30Cl2N2O3S. The number of hydrogen-bond donors (Lipinski definition) is 3. The lowest BCUT2D eigenvalue weighted by atomic mass is 10.1. The number of aromatic hydroxyl groups is 1. The van der Waals surface area contributed by atoms with Crippen LogP contribution in [0.4, 0.5) is 5.69 Å². The second-order valence-electron chi connectivity index (χ2n) is 6.47. The predicted octanol–water partition coefficient (Wildman–Crippen LogP) is 5.87. The molecule has 0 aromatic heterocycles. The normalized spacial score (nSPS) is 11.7. The fourth-order valence-electron chi connectivity index (χ4n) is 2.63. The first-order chi connectivity index (χ1) is 12.4. The summed E-state index contributed by atoms with van der Waals surface area (Å²) in [5.74, 6) is -0.269. The SMILES string of the molecule is CCCCCCCCCCCCNS(=O)(=O)Nc1cc(Cl)c(O)c(Cl)c1. The number of unbranched alkanes of at least 4 members (excludes halogenated alkanes) is 9. The molecule has 0 bridgehead atoms. The molecule has 0 fully saturated rings. The average molecular weight is 425 g/mol. The number of halogens is 2. The highest BCUT2D eigenvalue weighted by Crippen LogP contribution is 2.34. The minimum atomic E-state index is -3.69. The third-order valence-electron chi connectivity index (χ3n) is 4.09. The highest BCUT2D eigenvalue weighted by molar-refractivity contribution is 7.90. The topological polar surface area (TPSA) is 78.4 Å². The molecule has 1 rings (SSSR count). The molecular weight excluding hydrogens is 395 g/mol. The summed E-state index contributed by atoms with van der Waals surface area (Å²) in [6.07, 6.45) is 12.0. The van der Waals surface area contributed by atoms with Crippen LogP contribution in [0.5, 0.6) is 5.75 Å². The molecule has 0 atom stereocenters. The summed E-state index contributed by atoms with van der Waals surface area (Å²) in [5.41, 5.74) is 0.202. The van der Waals surface area contributed by atoms with E-state index in [1.165, 1.54) is 57.1 Å². The minimum Gasteiger partial charge on any atom is -0.505 e. The molecule has 0 aliphatic rings. The van der Waals surface area contributed by atoms with Gasteiger partial charge in [-0.2, -0.15) is 13.1 Å². The van der Waals surface area contributed by atoms with Gasteiger partial charge in [0.2, 0.25) is 0 Å². The number of anilines is 1. The molecule has 0 aliphatic carbocycles. The zero-order chi connectivity index (χ0) is 19.4. The second-order valence-corrected chi connectivity index (χ2v) is 8.78. The van der Waals surface area contributed by atoms with E-state index >= 15 is 0 Å². The summed E-state index contributed by atoms with van der Waals surface area (Å²) in [6.45, 7) is 2.60. The molecule has 8 heteroatoms. The van der Waals surface area contributed by atoms with Gasteiger partial charge in [-0.1, -0.05) is 87.9 Å². The lowest BCUT2D eigenvalue weighted by molar-refractivity contribution is 0.476. The van der Waals surface area contributed by atoms with Crippen LogP contribution in [0, 0.1) is 0 Å². The van der Waals surface area contributed by atoms with Gasteiger partial charge in [0.15, 0.2) is 5.75 Å². The summed E-state index contributed by atoms with van der Waals surface area (Å²) in [5, 5.41) is 9.47. The van der Waals surface area contributed by atoms with Crippen LogP contribution < -0.4 is 9.44 Å². The van der Waals surface area contributed by atoms with E-state index in [9.17, 15) is 13.5 Å². The van der Waals surface area contributed by atoms with Gasteiger partial charge >= 0.3 is 0 Å². The van der Waals surface area contributed by atoms with E-state index in [1.54, 1.807) is 0 Å². The maximum absolute atomic E-state index is 12.0. The van der Waals surface area contributed by atoms with Crippen LogP contribution in [0.3, 0.4) is 0 Å². The molecule has 150 valence electrons. The molecule has 0 saturated carbocycles. The Kier molecular flexibility index (Phi) is 11.4. The zero-order valence-corrected chi connectivity index (χ0v) is 17.7. The zero-order valence-electron chi connectivity index (χ0n) is 15.4. The van der Waals surface area contributed by atoms with Crippen molar-refractivity contribution >= 4 is 39.1 Å². The van der Waals surface area contributed by atoms with E-state index < -0.39 is 10.2 Å². The highest BCUT2D eigenvalue weighted by atomic mass is 35.5. The van der Waals surface area contributed by atoms with E-state index in [-0.39, 0.29) is 21.5 Å². The van der Waals surface area contributed by atoms with Crippen LogP contribution in [-0.4, -0.2) is 20.1 Å². The van der Waals surface area contributed by atoms with Gasteiger partial charge in [0.25, 0.3) is 10.2 Å². The van der Waals surface area contributed by atoms with E-state index in [2.05, 4.69) is 16.4 Å². The first-order valence-electron chi connectivity index (χ1n) is 9.31. The number of rotatable bonds is 14. The standard InChI is InChI=1S/C18H30Cl2N2O3S/c1-2-3-4-5-6-7-8-9-10-11-12-21-26(24,25)22-15-13-16(19)18(23)17(20)14-15/h13-14,21-23H,2-12H2,1H3. The molecule has 1 aromatic carbocycles. The second kappa shape index (κ2) is 12.7. The lowest BCUT2D eigenvalue weighted by Crippen LogP contribution is -2.30. The summed E-state index contributed by atoms with van der Waals surface area (Å²) < 4.78 is 28.8. The van der Waals surface area contributed by atoms with Crippen LogP contribution in [0.2, 0.25) is 10.0 Å². The molecule has 5 nitrogen and oxygen atoms in total. The minimum absolute atomic E-state index is 0.00936. The van der Waals surface area contributed by atoms with Gasteiger partial charge in [0.05, 0.1) is 15.7 Å². The first-order valence-corrected chi connectivity index (χ1v) is 11.5. The van der Waals surface area contributed by atoms with Crippen molar-refractivity contribution in [3.63, 3.8) is 0 Å². The van der Waals surface area contributed by atoms with Crippen molar-refractivity contribution in [1.82, 2.24) is 4.72 Å². The van der Waals surface area contributed by atoms with E-state index in [4.69, 9.17) is 23.2 Å². The highest BCUT2D eigenvalue weighted by Gasteiger charge is 2.12. The Morgan fingerprint density at radius 1 is 0.885 bits per heavy atom. The Bertz CT molecular complexity index is 616. The van der Waals surface area contributed by atoms with E-state index in [0.717, 1.165) is 19.3 Å². The van der Waals surface area contributed by atoms with E-state index in [1.807, 2.05) is 0 Å². The first kappa shape index (κ1) is 23.3. The third kappa shape index (κ3) is 9.86. The molecule has 0 saturated heterocycles. The van der Waals surface area contributed by atoms with Crippen molar-refractivity contribution in [2.45, 2.75) is 71.1 Å². The molecule has 3 N–H and O–H groups in total. The Balaban J connectivity index is 2.16. The fourth-order valence-corrected chi connectivity index (χ4v) is 4.04. The maximum atomic E-state index is 12.0. The van der Waals surface area contributed by atoms with Gasteiger partial charge in [-0.25, -0.2) is 0 Å². The Morgan fingerprint density at radius 2 is 1.35 bits per heavy atom. The molecule has 0 radical (unpaired) electrons. The van der Waals surface area contributed by atoms with Gasteiger partial charge in [-0.15, -0.1) is 0 Å². The summed E-state index contributed by atoms with van der Waals surface area (Å²) in [4.78, 5) is 0. The number of phenolic OH excluding ortho intramolecular Hbond substituents is 1. The van der Waals surface area contributed by atoms with Crippen LogP contribution in [0.15, 0.2) is 12.1 Å². The Labute approximate surface area is 167 Å². The monoisotopic (exact) mass is 424 g/mol. The summed E-state index contributed by atoms with van der Waals surface area (Å²) in [7, 11) is -3.69. The van der Waals surface area contributed by atoms with Crippen molar-refractivity contribution in [2.24, 2.45) is 0 Å². The lowest BCUT2D eigenvalue weighted by Gasteiger charge is -2.11. The van der Waals surface area contributed by atoms with Crippen LogP contribution in [0.1, 0.15) is 71.1 Å². The number of nitrogens with one attached hydrogen (secondary N) is 2. The largest absolute Gasteiger partial charge is 0.505 e. The van der Waals surface area contributed by atoms with Crippen LogP contribution >= 0.6 is 23.2 Å². The quantitative estimate of drug-likeness (QED) is 0.258. The van der Waals surface area contributed by atoms with Gasteiger partial charge in [-0.05, 0) is 18.6 Å². The Hall–Kier alpha value is -0.690. The van der Waals surface area contributed by atoms with Crippen molar-refractivity contribution in [3.05, 3.63) is 22.2 Å². The molecule has 1 aromatic rings. The molecule has 0 amide bonds. The number of hydrogen-bond acceptors (Lipinski definition) is 3. The molecule has 26 heavy (non-hydrogen) atoms. The fraction of sp³-hybridized carbons (Fsp3) is 0.667. The summed E-state index contributed by atoms with van der Waals surface area (Å²) in [6, 6.07) is 2.62. The maximum Gasteiger partial charge on any atom is 0.299 e. The van der Waals surface area contributed by atoms with Crippen molar-refractivity contribution in [1.29, 1.82) is 0 Å². The molecule has 0 aliphatic heterocycles. The third-order valence-corrected chi connectivity index (χ3v) is 5.76. The number of benzene rings is 1. The summed E-state index contributed by atoms with van der Waals surface area (Å²) >= 11 is 11.6.